The van der Waals surface area contributed by atoms with E-state index in [4.69, 9.17) is 22.1 Å². The summed E-state index contributed by atoms with van der Waals surface area (Å²) < 4.78 is 5.65. The number of halogens is 2. The zero-order chi connectivity index (χ0) is 14.7. The Morgan fingerprint density at radius 2 is 2.20 bits per heavy atom. The lowest BCUT2D eigenvalue weighted by Crippen LogP contribution is -2.15. The van der Waals surface area contributed by atoms with Gasteiger partial charge in [0.1, 0.15) is 21.1 Å². The molecule has 1 amide bonds. The van der Waals surface area contributed by atoms with Gasteiger partial charge in [-0.25, -0.2) is 9.97 Å². The van der Waals surface area contributed by atoms with E-state index in [0.717, 1.165) is 0 Å². The Kier molecular flexibility index (Phi) is 4.51. The lowest BCUT2D eigenvalue weighted by atomic mass is 10.1. The second kappa shape index (κ2) is 6.15. The molecule has 0 unspecified atom stereocenters. The molecule has 0 saturated carbocycles. The first-order chi connectivity index (χ1) is 9.52. The van der Waals surface area contributed by atoms with Crippen molar-refractivity contribution in [1.82, 2.24) is 15.0 Å². The van der Waals surface area contributed by atoms with Crippen molar-refractivity contribution in [3.8, 4) is 17.1 Å². The third kappa shape index (κ3) is 3.05. The fourth-order valence-electron chi connectivity index (χ4n) is 1.58. The normalized spacial score (nSPS) is 10.3. The molecule has 0 aliphatic carbocycles. The summed E-state index contributed by atoms with van der Waals surface area (Å²) in [6.07, 6.45) is 1.38. The topological polar surface area (TPSA) is 91.0 Å². The summed E-state index contributed by atoms with van der Waals surface area (Å²) in [5.74, 6) is -0.353. The minimum absolute atomic E-state index is 0.0632. The maximum atomic E-state index is 11.5. The zero-order valence-electron chi connectivity index (χ0n) is 10.4. The predicted molar refractivity (Wildman–Crippen MR) is 77.7 cm³/mol. The third-order valence-corrected chi connectivity index (χ3v) is 3.09. The van der Waals surface area contributed by atoms with Gasteiger partial charge in [0.25, 0.3) is 5.91 Å². The van der Waals surface area contributed by atoms with E-state index in [0.29, 0.717) is 28.3 Å². The molecular formula is C12H10BrClN4O2. The molecule has 2 aromatic heterocycles. The predicted octanol–water partition coefficient (Wildman–Crippen LogP) is 2.45. The molecule has 8 heteroatoms. The number of pyridine rings is 1. The van der Waals surface area contributed by atoms with Crippen molar-refractivity contribution >= 4 is 33.4 Å². The molecule has 0 aromatic carbocycles. The number of hydrogen-bond acceptors (Lipinski definition) is 5. The van der Waals surface area contributed by atoms with Crippen molar-refractivity contribution in [2.24, 2.45) is 5.73 Å². The summed E-state index contributed by atoms with van der Waals surface area (Å²) in [4.78, 5) is 23.8. The van der Waals surface area contributed by atoms with E-state index in [1.807, 2.05) is 6.92 Å². The Balaban J connectivity index is 2.58. The van der Waals surface area contributed by atoms with Crippen LogP contribution < -0.4 is 10.5 Å². The van der Waals surface area contributed by atoms with Gasteiger partial charge in [0.2, 0.25) is 5.88 Å². The maximum absolute atomic E-state index is 11.5. The number of aromatic nitrogens is 3. The Morgan fingerprint density at radius 1 is 1.45 bits per heavy atom. The van der Waals surface area contributed by atoms with Crippen molar-refractivity contribution in [3.63, 3.8) is 0 Å². The van der Waals surface area contributed by atoms with Gasteiger partial charge in [0.05, 0.1) is 12.8 Å². The SMILES string of the molecule is CCOc1ccc(-c2ncc(Cl)nc2Br)c(C(N)=O)n1. The first kappa shape index (κ1) is 14.7. The van der Waals surface area contributed by atoms with E-state index < -0.39 is 5.91 Å². The second-order valence-electron chi connectivity index (χ2n) is 3.68. The molecule has 0 aliphatic heterocycles. The number of rotatable bonds is 4. The summed E-state index contributed by atoms with van der Waals surface area (Å²) in [6, 6.07) is 3.29. The van der Waals surface area contributed by atoms with Gasteiger partial charge >= 0.3 is 0 Å². The van der Waals surface area contributed by atoms with Gasteiger partial charge in [-0.15, -0.1) is 0 Å². The number of carbonyl (C=O) groups excluding carboxylic acids is 1. The quantitative estimate of drug-likeness (QED) is 0.907. The fraction of sp³-hybridized carbons (Fsp3) is 0.167. The molecule has 0 aliphatic rings. The molecule has 20 heavy (non-hydrogen) atoms. The lowest BCUT2D eigenvalue weighted by molar-refractivity contribution is 0.0995. The van der Waals surface area contributed by atoms with Gasteiger partial charge in [0, 0.05) is 11.6 Å². The van der Waals surface area contributed by atoms with E-state index in [1.54, 1.807) is 12.1 Å². The highest BCUT2D eigenvalue weighted by Crippen LogP contribution is 2.29. The average molecular weight is 358 g/mol. The van der Waals surface area contributed by atoms with E-state index >= 15 is 0 Å². The molecule has 104 valence electrons. The van der Waals surface area contributed by atoms with Crippen molar-refractivity contribution in [2.75, 3.05) is 6.61 Å². The van der Waals surface area contributed by atoms with Crippen LogP contribution in [0.1, 0.15) is 17.4 Å². The number of amides is 1. The summed E-state index contributed by atoms with van der Waals surface area (Å²) in [6.45, 7) is 2.26. The molecule has 2 aromatic rings. The Hall–Kier alpha value is -1.73. The highest BCUT2D eigenvalue weighted by molar-refractivity contribution is 9.10. The van der Waals surface area contributed by atoms with E-state index in [-0.39, 0.29) is 10.8 Å². The monoisotopic (exact) mass is 356 g/mol. The molecule has 0 atom stereocenters. The smallest absolute Gasteiger partial charge is 0.268 e. The Labute approximate surface area is 128 Å². The first-order valence-corrected chi connectivity index (χ1v) is 6.82. The molecule has 2 N–H and O–H groups in total. The number of nitrogens with zero attached hydrogens (tertiary/aromatic N) is 3. The Morgan fingerprint density at radius 3 is 2.80 bits per heavy atom. The van der Waals surface area contributed by atoms with Gasteiger partial charge in [-0.2, -0.15) is 0 Å². The van der Waals surface area contributed by atoms with Crippen LogP contribution in [0.25, 0.3) is 11.3 Å². The summed E-state index contributed by atoms with van der Waals surface area (Å²) in [5.41, 5.74) is 6.30. The van der Waals surface area contributed by atoms with Crippen LogP contribution in [0.5, 0.6) is 5.88 Å². The van der Waals surface area contributed by atoms with Crippen LogP contribution in [-0.4, -0.2) is 27.5 Å². The molecule has 0 radical (unpaired) electrons. The van der Waals surface area contributed by atoms with Crippen molar-refractivity contribution in [1.29, 1.82) is 0 Å². The molecular weight excluding hydrogens is 348 g/mol. The number of carbonyl (C=O) groups is 1. The molecule has 6 nitrogen and oxygen atoms in total. The van der Waals surface area contributed by atoms with Crippen LogP contribution >= 0.6 is 27.5 Å². The molecule has 0 fully saturated rings. The van der Waals surface area contributed by atoms with E-state index in [2.05, 4.69) is 30.9 Å². The largest absolute Gasteiger partial charge is 0.478 e. The van der Waals surface area contributed by atoms with Crippen LogP contribution in [0.4, 0.5) is 0 Å². The summed E-state index contributed by atoms with van der Waals surface area (Å²) in [5, 5.41) is 0.236. The standard InChI is InChI=1S/C12H10BrClN4O2/c1-2-20-8-4-3-6(10(18-8)12(15)19)9-11(13)17-7(14)5-16-9/h3-5H,2H2,1H3,(H2,15,19). The number of hydrogen-bond donors (Lipinski definition) is 1. The zero-order valence-corrected chi connectivity index (χ0v) is 12.8. The van der Waals surface area contributed by atoms with E-state index in [1.165, 1.54) is 6.20 Å². The fourth-order valence-corrected chi connectivity index (χ4v) is 2.32. The van der Waals surface area contributed by atoms with Crippen LogP contribution in [0.3, 0.4) is 0 Å². The second-order valence-corrected chi connectivity index (χ2v) is 4.81. The summed E-state index contributed by atoms with van der Waals surface area (Å²) >= 11 is 8.99. The Bertz CT molecular complexity index is 666. The van der Waals surface area contributed by atoms with Crippen molar-refractivity contribution < 1.29 is 9.53 Å². The van der Waals surface area contributed by atoms with Gasteiger partial charge in [-0.3, -0.25) is 9.78 Å². The first-order valence-electron chi connectivity index (χ1n) is 5.65. The summed E-state index contributed by atoms with van der Waals surface area (Å²) in [7, 11) is 0. The van der Waals surface area contributed by atoms with Crippen LogP contribution in [0.2, 0.25) is 5.15 Å². The molecule has 0 bridgehead atoms. The number of primary amides is 1. The number of ether oxygens (including phenoxy) is 1. The third-order valence-electron chi connectivity index (χ3n) is 2.35. The average Bonchev–Trinajstić information content (AvgIpc) is 2.39. The highest BCUT2D eigenvalue weighted by Gasteiger charge is 2.17. The van der Waals surface area contributed by atoms with Crippen LogP contribution in [0, 0.1) is 0 Å². The van der Waals surface area contributed by atoms with Gasteiger partial charge in [-0.05, 0) is 28.9 Å². The lowest BCUT2D eigenvalue weighted by Gasteiger charge is -2.09. The van der Waals surface area contributed by atoms with Crippen molar-refractivity contribution in [2.45, 2.75) is 6.92 Å². The minimum Gasteiger partial charge on any atom is -0.478 e. The van der Waals surface area contributed by atoms with Crippen LogP contribution in [0.15, 0.2) is 22.9 Å². The molecule has 2 rings (SSSR count). The van der Waals surface area contributed by atoms with Gasteiger partial charge < -0.3 is 10.5 Å². The molecule has 2 heterocycles. The van der Waals surface area contributed by atoms with E-state index in [9.17, 15) is 4.79 Å². The molecule has 0 spiro atoms. The van der Waals surface area contributed by atoms with Gasteiger partial charge in [0.15, 0.2) is 0 Å². The van der Waals surface area contributed by atoms with Crippen LogP contribution in [-0.2, 0) is 0 Å². The van der Waals surface area contributed by atoms with Crippen molar-refractivity contribution in [3.05, 3.63) is 33.8 Å². The van der Waals surface area contributed by atoms with Gasteiger partial charge in [-0.1, -0.05) is 11.6 Å². The molecule has 0 saturated heterocycles. The minimum atomic E-state index is -0.676. The number of nitrogens with two attached hydrogens (primary N) is 1. The maximum Gasteiger partial charge on any atom is 0.268 e. The highest BCUT2D eigenvalue weighted by atomic mass is 79.9.